The van der Waals surface area contributed by atoms with Gasteiger partial charge in [-0.1, -0.05) is 29.8 Å². The van der Waals surface area contributed by atoms with Crippen LogP contribution >= 0.6 is 11.6 Å². The maximum absolute atomic E-state index is 13.8. The largest absolute Gasteiger partial charge is 0.436 e. The van der Waals surface area contributed by atoms with Crippen LogP contribution in [0.1, 0.15) is 48.4 Å². The van der Waals surface area contributed by atoms with Crippen LogP contribution in [-0.2, 0) is 28.5 Å². The van der Waals surface area contributed by atoms with E-state index in [1.165, 1.54) is 11.0 Å². The minimum absolute atomic E-state index is 0.0628. The van der Waals surface area contributed by atoms with Crippen molar-refractivity contribution >= 4 is 41.0 Å². The Bertz CT molecular complexity index is 1640. The SMILES string of the molecule is Nc1c(Cl)cc(C[C@@H](OC(=O)N2CCC(N3CCc4ccccc4NC3=O)CC2)C(=O)N2CCC(n3ccnc3)CC2)cc1C(F)(F)F. The molecule has 2 saturated heterocycles. The Hall–Kier alpha value is -4.46. The second-order valence-electron chi connectivity index (χ2n) is 12.4. The van der Waals surface area contributed by atoms with Crippen LogP contribution in [0.25, 0.3) is 0 Å². The van der Waals surface area contributed by atoms with E-state index in [-0.39, 0.29) is 48.2 Å². The van der Waals surface area contributed by atoms with E-state index in [0.717, 1.165) is 17.3 Å². The van der Waals surface area contributed by atoms with Crippen molar-refractivity contribution in [2.24, 2.45) is 0 Å². The highest BCUT2D eigenvalue weighted by atomic mass is 35.5. The van der Waals surface area contributed by atoms with Crippen LogP contribution in [0, 0.1) is 0 Å². The molecule has 2 fully saturated rings. The molecule has 3 aliphatic heterocycles. The van der Waals surface area contributed by atoms with Gasteiger partial charge in [-0.3, -0.25) is 4.79 Å². The highest BCUT2D eigenvalue weighted by Gasteiger charge is 2.38. The van der Waals surface area contributed by atoms with E-state index < -0.39 is 35.5 Å². The van der Waals surface area contributed by atoms with E-state index >= 15 is 0 Å². The summed E-state index contributed by atoms with van der Waals surface area (Å²) >= 11 is 6.08. The molecule has 0 spiro atoms. The van der Waals surface area contributed by atoms with Crippen molar-refractivity contribution in [1.82, 2.24) is 24.3 Å². The summed E-state index contributed by atoms with van der Waals surface area (Å²) in [5, 5.41) is 2.67. The number of hydrogen-bond donors (Lipinski definition) is 2. The van der Waals surface area contributed by atoms with Gasteiger partial charge in [0.25, 0.3) is 5.91 Å². The third-order valence-electron chi connectivity index (χ3n) is 9.46. The molecule has 4 heterocycles. The molecule has 3 N–H and O–H groups in total. The third kappa shape index (κ3) is 7.33. The van der Waals surface area contributed by atoms with Crippen molar-refractivity contribution in [3.63, 3.8) is 0 Å². The van der Waals surface area contributed by atoms with Crippen molar-refractivity contribution in [3.05, 3.63) is 76.8 Å². The fourth-order valence-corrected chi connectivity index (χ4v) is 7.03. The number of hydrogen-bond acceptors (Lipinski definition) is 6. The van der Waals surface area contributed by atoms with E-state index in [0.29, 0.717) is 51.7 Å². The lowest BCUT2D eigenvalue weighted by atomic mass is 10.0. The first-order chi connectivity index (χ1) is 23.0. The molecule has 1 atom stereocenters. The quantitative estimate of drug-likeness (QED) is 0.325. The van der Waals surface area contributed by atoms with Gasteiger partial charge in [0.2, 0.25) is 0 Å². The minimum Gasteiger partial charge on any atom is -0.436 e. The fourth-order valence-electron chi connectivity index (χ4n) is 6.79. The number of nitrogens with two attached hydrogens (primary N) is 1. The second-order valence-corrected chi connectivity index (χ2v) is 12.8. The van der Waals surface area contributed by atoms with Gasteiger partial charge in [-0.2, -0.15) is 13.2 Å². The Morgan fingerprint density at radius 3 is 2.40 bits per heavy atom. The lowest BCUT2D eigenvalue weighted by molar-refractivity contribution is -0.142. The number of alkyl halides is 3. The van der Waals surface area contributed by atoms with Gasteiger partial charge in [-0.25, -0.2) is 14.6 Å². The third-order valence-corrected chi connectivity index (χ3v) is 9.78. The number of nitrogens with zero attached hydrogens (tertiary/aromatic N) is 5. The molecular formula is C33H37ClF3N7O4. The fraction of sp³-hybridized carbons (Fsp3) is 0.455. The molecule has 3 aromatic rings. The lowest BCUT2D eigenvalue weighted by Crippen LogP contribution is -2.51. The number of imidazole rings is 1. The van der Waals surface area contributed by atoms with Gasteiger partial charge in [0.15, 0.2) is 6.10 Å². The standard InChI is InChI=1S/C33H37ClF3N7O4/c34-26-18-21(17-25(29(26)38)33(35,36)37)19-28(30(45)41-11-6-23(7-12-41)43-16-10-39-20-43)48-32(47)42-13-8-24(9-14-42)44-15-5-22-3-1-2-4-27(22)40-31(44)46/h1-4,10,16-18,20,23-24,28H,5-9,11-15,19,38H2,(H,40,46)/t28-/m1/s1. The molecule has 1 aromatic heterocycles. The molecule has 0 unspecified atom stereocenters. The number of nitrogens with one attached hydrogen (secondary N) is 1. The molecule has 0 saturated carbocycles. The Kier molecular flexibility index (Phi) is 9.72. The van der Waals surface area contributed by atoms with Gasteiger partial charge in [-0.05, 0) is 61.4 Å². The number of carbonyl (C=O) groups excluding carboxylic acids is 3. The number of fused-ring (bicyclic) bond motifs is 1. The number of piperidine rings is 2. The molecule has 4 amide bonds. The molecule has 48 heavy (non-hydrogen) atoms. The van der Waals surface area contributed by atoms with Gasteiger partial charge >= 0.3 is 18.3 Å². The van der Waals surface area contributed by atoms with Gasteiger partial charge in [0, 0.05) is 69.3 Å². The van der Waals surface area contributed by atoms with Gasteiger partial charge in [0.05, 0.1) is 22.6 Å². The minimum atomic E-state index is -4.77. The number of para-hydroxylation sites is 1. The number of halogens is 4. The summed E-state index contributed by atoms with van der Waals surface area (Å²) in [6.07, 6.45) is 1.01. The van der Waals surface area contributed by atoms with Crippen molar-refractivity contribution in [2.45, 2.75) is 62.9 Å². The molecule has 0 bridgehead atoms. The van der Waals surface area contributed by atoms with E-state index in [4.69, 9.17) is 22.1 Å². The number of urea groups is 1. The molecule has 0 radical (unpaired) electrons. The van der Waals surface area contributed by atoms with E-state index in [2.05, 4.69) is 10.3 Å². The number of likely N-dealkylation sites (tertiary alicyclic amines) is 2. The van der Waals surface area contributed by atoms with Crippen LogP contribution < -0.4 is 11.1 Å². The molecular weight excluding hydrogens is 651 g/mol. The van der Waals surface area contributed by atoms with E-state index in [9.17, 15) is 27.6 Å². The number of amides is 4. The highest BCUT2D eigenvalue weighted by molar-refractivity contribution is 6.33. The van der Waals surface area contributed by atoms with Crippen LogP contribution in [0.5, 0.6) is 0 Å². The number of nitrogen functional groups attached to an aromatic ring is 1. The zero-order chi connectivity index (χ0) is 34.0. The number of benzene rings is 2. The van der Waals surface area contributed by atoms with Gasteiger partial charge in [-0.15, -0.1) is 0 Å². The van der Waals surface area contributed by atoms with Crippen LogP contribution in [0.15, 0.2) is 55.1 Å². The first kappa shape index (κ1) is 33.4. The summed E-state index contributed by atoms with van der Waals surface area (Å²) in [7, 11) is 0. The van der Waals surface area contributed by atoms with Gasteiger partial charge < -0.3 is 35.1 Å². The van der Waals surface area contributed by atoms with Crippen molar-refractivity contribution in [2.75, 3.05) is 43.8 Å². The molecule has 256 valence electrons. The van der Waals surface area contributed by atoms with Crippen LogP contribution in [0.4, 0.5) is 34.1 Å². The molecule has 11 nitrogen and oxygen atoms in total. The Balaban J connectivity index is 1.13. The first-order valence-corrected chi connectivity index (χ1v) is 16.4. The number of aromatic nitrogens is 2. The van der Waals surface area contributed by atoms with E-state index in [1.54, 1.807) is 22.3 Å². The average Bonchev–Trinajstić information content (AvgIpc) is 3.56. The van der Waals surface area contributed by atoms with Crippen LogP contribution in [0.3, 0.4) is 0 Å². The zero-order valence-corrected chi connectivity index (χ0v) is 26.9. The van der Waals surface area contributed by atoms with Crippen LogP contribution in [0.2, 0.25) is 5.02 Å². The summed E-state index contributed by atoms with van der Waals surface area (Å²) in [5.74, 6) is -0.496. The maximum atomic E-state index is 13.8. The average molecular weight is 688 g/mol. The summed E-state index contributed by atoms with van der Waals surface area (Å²) in [4.78, 5) is 49.3. The first-order valence-electron chi connectivity index (χ1n) is 16.0. The highest BCUT2D eigenvalue weighted by Crippen LogP contribution is 2.38. The van der Waals surface area contributed by atoms with Gasteiger partial charge in [0.1, 0.15) is 0 Å². The summed E-state index contributed by atoms with van der Waals surface area (Å²) in [5.41, 5.74) is 5.80. The Morgan fingerprint density at radius 2 is 1.71 bits per heavy atom. The van der Waals surface area contributed by atoms with Crippen molar-refractivity contribution in [1.29, 1.82) is 0 Å². The number of carbonyl (C=O) groups is 3. The maximum Gasteiger partial charge on any atom is 0.418 e. The zero-order valence-electron chi connectivity index (χ0n) is 26.2. The second kappa shape index (κ2) is 14.0. The molecule has 6 rings (SSSR count). The number of anilines is 2. The predicted octanol–water partition coefficient (Wildman–Crippen LogP) is 5.60. The lowest BCUT2D eigenvalue weighted by Gasteiger charge is -2.38. The molecule has 15 heteroatoms. The summed E-state index contributed by atoms with van der Waals surface area (Å²) < 4.78 is 49.0. The van der Waals surface area contributed by atoms with Crippen LogP contribution in [-0.4, -0.2) is 87.2 Å². The van der Waals surface area contributed by atoms with E-state index in [1.807, 2.05) is 35.0 Å². The predicted molar refractivity (Wildman–Crippen MR) is 172 cm³/mol. The smallest absolute Gasteiger partial charge is 0.418 e. The molecule has 3 aliphatic rings. The summed E-state index contributed by atoms with van der Waals surface area (Å²) in [6.45, 7) is 1.85. The Morgan fingerprint density at radius 1 is 1.02 bits per heavy atom. The van der Waals surface area contributed by atoms with Crippen molar-refractivity contribution in [3.8, 4) is 0 Å². The number of rotatable bonds is 6. The molecule has 0 aliphatic carbocycles. The number of ether oxygens (including phenoxy) is 1. The monoisotopic (exact) mass is 687 g/mol. The molecule has 2 aromatic carbocycles. The van der Waals surface area contributed by atoms with Crippen molar-refractivity contribution < 1.29 is 32.3 Å². The topological polar surface area (TPSA) is 126 Å². The summed E-state index contributed by atoms with van der Waals surface area (Å²) in [6, 6.07) is 9.62. The Labute approximate surface area is 280 Å². The normalized spacial score (nSPS) is 18.6.